The van der Waals surface area contributed by atoms with Gasteiger partial charge in [-0.1, -0.05) is 6.92 Å². The molecule has 0 unspecified atom stereocenters. The predicted molar refractivity (Wildman–Crippen MR) is 114 cm³/mol. The summed E-state index contributed by atoms with van der Waals surface area (Å²) in [7, 11) is 0. The Hall–Kier alpha value is -3.17. The van der Waals surface area contributed by atoms with Crippen molar-refractivity contribution in [3.8, 4) is 0 Å². The highest BCUT2D eigenvalue weighted by molar-refractivity contribution is 6.09. The van der Waals surface area contributed by atoms with Crippen LogP contribution >= 0.6 is 0 Å². The van der Waals surface area contributed by atoms with Gasteiger partial charge in [-0.05, 0) is 55.9 Å². The van der Waals surface area contributed by atoms with E-state index in [2.05, 4.69) is 17.6 Å². The van der Waals surface area contributed by atoms with E-state index in [0.29, 0.717) is 50.6 Å². The molecule has 0 atom stereocenters. The largest absolute Gasteiger partial charge is 0.338 e. The third-order valence-electron chi connectivity index (χ3n) is 6.68. The Balaban J connectivity index is 1.28. The molecule has 1 spiro atoms. The highest BCUT2D eigenvalue weighted by Crippen LogP contribution is 2.36. The van der Waals surface area contributed by atoms with Gasteiger partial charge in [0.2, 0.25) is 5.91 Å². The van der Waals surface area contributed by atoms with Gasteiger partial charge in [0, 0.05) is 31.9 Å². The number of rotatable bonds is 3. The number of nitrogens with zero attached hydrogens (tertiary/aromatic N) is 3. The van der Waals surface area contributed by atoms with Crippen LogP contribution in [0.2, 0.25) is 0 Å². The Morgan fingerprint density at radius 3 is 2.28 bits per heavy atom. The molecule has 9 nitrogen and oxygen atoms in total. The van der Waals surface area contributed by atoms with E-state index in [0.717, 1.165) is 17.7 Å². The predicted octanol–water partition coefficient (Wildman–Crippen LogP) is 2.00. The Morgan fingerprint density at radius 2 is 1.66 bits per heavy atom. The van der Waals surface area contributed by atoms with Gasteiger partial charge in [0.05, 0.1) is 0 Å². The van der Waals surface area contributed by atoms with Gasteiger partial charge in [0.1, 0.15) is 17.9 Å². The highest BCUT2D eigenvalue weighted by Gasteiger charge is 2.52. The maximum Gasteiger partial charge on any atom is 0.325 e. The van der Waals surface area contributed by atoms with Crippen molar-refractivity contribution >= 4 is 29.6 Å². The molecule has 0 aromatic heterocycles. The van der Waals surface area contributed by atoms with Crippen molar-refractivity contribution in [1.29, 1.82) is 0 Å². The maximum absolute atomic E-state index is 13.0. The summed E-state index contributed by atoms with van der Waals surface area (Å²) in [6, 6.07) is 4.65. The number of imide groups is 1. The molecule has 2 N–H and O–H groups in total. The second kappa shape index (κ2) is 8.76. The number of hydrogen-bond acceptors (Lipinski definition) is 4. The van der Waals surface area contributed by atoms with Crippen LogP contribution in [0.4, 0.5) is 19.7 Å². The minimum absolute atomic E-state index is 0.288. The number of urea groups is 2. The molecule has 1 saturated carbocycles. The number of hydrogen-bond donors (Lipinski definition) is 2. The van der Waals surface area contributed by atoms with E-state index in [9.17, 15) is 23.6 Å². The van der Waals surface area contributed by atoms with Gasteiger partial charge in [-0.15, -0.1) is 0 Å². The molecule has 1 aromatic rings. The van der Waals surface area contributed by atoms with Crippen molar-refractivity contribution in [2.75, 3.05) is 38.0 Å². The third-order valence-corrected chi connectivity index (χ3v) is 6.68. The number of piperazine rings is 1. The summed E-state index contributed by atoms with van der Waals surface area (Å²) in [6.45, 7) is 3.10. The topological polar surface area (TPSA) is 102 Å². The first-order valence-electron chi connectivity index (χ1n) is 11.0. The van der Waals surface area contributed by atoms with Crippen LogP contribution in [-0.4, -0.2) is 76.8 Å². The van der Waals surface area contributed by atoms with Crippen LogP contribution < -0.4 is 10.6 Å². The van der Waals surface area contributed by atoms with E-state index < -0.39 is 11.6 Å². The summed E-state index contributed by atoms with van der Waals surface area (Å²) < 4.78 is 13.0. The van der Waals surface area contributed by atoms with Crippen LogP contribution in [0.5, 0.6) is 0 Å². The van der Waals surface area contributed by atoms with Crippen LogP contribution in [0.1, 0.15) is 32.6 Å². The fourth-order valence-electron chi connectivity index (χ4n) is 4.54. The molecule has 0 radical (unpaired) electrons. The molecule has 32 heavy (non-hydrogen) atoms. The number of halogens is 1. The van der Waals surface area contributed by atoms with E-state index in [4.69, 9.17) is 0 Å². The third kappa shape index (κ3) is 4.39. The van der Waals surface area contributed by atoms with Crippen LogP contribution in [0.25, 0.3) is 0 Å². The molecule has 0 bridgehead atoms. The highest BCUT2D eigenvalue weighted by atomic mass is 19.1. The molecule has 3 aliphatic rings. The molecule has 6 amide bonds. The maximum atomic E-state index is 13.0. The number of carbonyl (C=O) groups excluding carboxylic acids is 4. The normalized spacial score (nSPS) is 25.8. The van der Waals surface area contributed by atoms with E-state index >= 15 is 0 Å². The molecule has 2 aliphatic heterocycles. The number of amides is 6. The molecule has 3 fully saturated rings. The Bertz CT molecular complexity index is 905. The first-order valence-corrected chi connectivity index (χ1v) is 11.0. The summed E-state index contributed by atoms with van der Waals surface area (Å²) in [5, 5.41) is 5.53. The van der Waals surface area contributed by atoms with Crippen molar-refractivity contribution in [3.63, 3.8) is 0 Å². The summed E-state index contributed by atoms with van der Waals surface area (Å²) in [5.74, 6) is -0.477. The number of anilines is 1. The molecule has 2 heterocycles. The van der Waals surface area contributed by atoms with Crippen LogP contribution in [0, 0.1) is 11.7 Å². The zero-order valence-corrected chi connectivity index (χ0v) is 18.1. The Morgan fingerprint density at radius 1 is 1.06 bits per heavy atom. The minimum Gasteiger partial charge on any atom is -0.338 e. The van der Waals surface area contributed by atoms with Crippen LogP contribution in [0.3, 0.4) is 0 Å². The van der Waals surface area contributed by atoms with Gasteiger partial charge >= 0.3 is 12.1 Å². The molecule has 172 valence electrons. The summed E-state index contributed by atoms with van der Waals surface area (Å²) in [4.78, 5) is 54.7. The van der Waals surface area contributed by atoms with Gasteiger partial charge in [-0.3, -0.25) is 14.5 Å². The quantitative estimate of drug-likeness (QED) is 0.695. The lowest BCUT2D eigenvalue weighted by Crippen LogP contribution is -2.54. The number of nitrogens with one attached hydrogen (secondary N) is 2. The molecule has 10 heteroatoms. The van der Waals surface area contributed by atoms with Gasteiger partial charge in [0.25, 0.3) is 5.91 Å². The SMILES string of the molecule is CC1CCC2(CC1)NC(=O)N(CC(=O)N1CCN(C(=O)Nc3ccc(F)cc3)CC1)C2=O. The van der Waals surface area contributed by atoms with Gasteiger partial charge in [-0.25, -0.2) is 14.0 Å². The molecular formula is C22H28FN5O4. The fraction of sp³-hybridized carbons (Fsp3) is 0.545. The first-order chi connectivity index (χ1) is 15.3. The first kappa shape index (κ1) is 22.0. The summed E-state index contributed by atoms with van der Waals surface area (Å²) >= 11 is 0. The average Bonchev–Trinajstić information content (AvgIpc) is 3.01. The van der Waals surface area contributed by atoms with E-state index in [-0.39, 0.29) is 30.2 Å². The molecule has 4 rings (SSSR count). The lowest BCUT2D eigenvalue weighted by molar-refractivity contribution is -0.140. The molecular weight excluding hydrogens is 417 g/mol. The molecule has 1 aliphatic carbocycles. The summed E-state index contributed by atoms with van der Waals surface area (Å²) in [6.07, 6.45) is 2.95. The number of carbonyl (C=O) groups is 4. The van der Waals surface area contributed by atoms with E-state index in [1.165, 1.54) is 24.3 Å². The second-order valence-electron chi connectivity index (χ2n) is 8.89. The second-order valence-corrected chi connectivity index (χ2v) is 8.89. The van der Waals surface area contributed by atoms with Crippen LogP contribution in [-0.2, 0) is 9.59 Å². The van der Waals surface area contributed by atoms with E-state index in [1.54, 1.807) is 9.80 Å². The van der Waals surface area contributed by atoms with Gasteiger partial charge in [0.15, 0.2) is 0 Å². The van der Waals surface area contributed by atoms with Crippen molar-refractivity contribution in [1.82, 2.24) is 20.0 Å². The van der Waals surface area contributed by atoms with E-state index in [1.807, 2.05) is 0 Å². The zero-order valence-electron chi connectivity index (χ0n) is 18.1. The van der Waals surface area contributed by atoms with Crippen molar-refractivity contribution in [2.45, 2.75) is 38.1 Å². The fourth-order valence-corrected chi connectivity index (χ4v) is 4.54. The molecule has 2 saturated heterocycles. The number of benzene rings is 1. The standard InChI is InChI=1S/C22H28FN5O4/c1-15-6-8-22(9-7-15)19(30)28(21(32)25-22)14-18(29)26-10-12-27(13-11-26)20(31)24-17-4-2-16(23)3-5-17/h2-5,15H,6-14H2,1H3,(H,24,31)(H,25,32). The van der Waals surface area contributed by atoms with Gasteiger partial charge in [-0.2, -0.15) is 0 Å². The lowest BCUT2D eigenvalue weighted by atomic mass is 9.77. The summed E-state index contributed by atoms with van der Waals surface area (Å²) in [5.41, 5.74) is -0.374. The van der Waals surface area contributed by atoms with Gasteiger partial charge < -0.3 is 20.4 Å². The van der Waals surface area contributed by atoms with Crippen molar-refractivity contribution in [2.24, 2.45) is 5.92 Å². The lowest BCUT2D eigenvalue weighted by Gasteiger charge is -2.35. The van der Waals surface area contributed by atoms with Crippen molar-refractivity contribution < 1.29 is 23.6 Å². The minimum atomic E-state index is -0.860. The van der Waals surface area contributed by atoms with Crippen molar-refractivity contribution in [3.05, 3.63) is 30.1 Å². The average molecular weight is 445 g/mol. The Kier molecular flexibility index (Phi) is 6.03. The monoisotopic (exact) mass is 445 g/mol. The Labute approximate surface area is 185 Å². The zero-order chi connectivity index (χ0) is 22.9. The van der Waals surface area contributed by atoms with Crippen LogP contribution in [0.15, 0.2) is 24.3 Å². The molecule has 1 aromatic carbocycles. The smallest absolute Gasteiger partial charge is 0.325 e.